The summed E-state index contributed by atoms with van der Waals surface area (Å²) in [5.74, 6) is -1.03. The zero-order valence-electron chi connectivity index (χ0n) is 13.7. The van der Waals surface area contributed by atoms with E-state index >= 15 is 0 Å². The summed E-state index contributed by atoms with van der Waals surface area (Å²) >= 11 is 0. The molecule has 2 rings (SSSR count). The molecule has 0 atom stereocenters. The Labute approximate surface area is 136 Å². The first-order chi connectivity index (χ1) is 10.9. The number of carbonyl (C=O) groups is 2. The normalized spacial score (nSPS) is 10.4. The molecule has 0 fully saturated rings. The van der Waals surface area contributed by atoms with Crippen LogP contribution in [0.4, 0.5) is 5.69 Å². The van der Waals surface area contributed by atoms with Crippen molar-refractivity contribution in [1.29, 1.82) is 0 Å². The zero-order chi connectivity index (χ0) is 17.0. The maximum Gasteiger partial charge on any atom is 0.307 e. The first-order valence-corrected chi connectivity index (χ1v) is 7.61. The predicted octanol–water partition coefficient (Wildman–Crippen LogP) is 3.60. The summed E-state index contributed by atoms with van der Waals surface area (Å²) in [5.41, 5.74) is 4.19. The Bertz CT molecular complexity index is 717. The van der Waals surface area contributed by atoms with Crippen molar-refractivity contribution >= 4 is 17.6 Å². The van der Waals surface area contributed by atoms with Gasteiger partial charge in [0, 0.05) is 17.8 Å². The molecule has 0 radical (unpaired) electrons. The Kier molecular flexibility index (Phi) is 5.16. The predicted molar refractivity (Wildman–Crippen MR) is 91.0 cm³/mol. The van der Waals surface area contributed by atoms with E-state index in [1.165, 1.54) is 0 Å². The minimum atomic E-state index is -0.906. The second-order valence-electron chi connectivity index (χ2n) is 5.67. The average Bonchev–Trinajstić information content (AvgIpc) is 2.46. The van der Waals surface area contributed by atoms with Crippen molar-refractivity contribution in [3.05, 3.63) is 64.7 Å². The van der Waals surface area contributed by atoms with Crippen molar-refractivity contribution in [2.75, 3.05) is 11.4 Å². The smallest absolute Gasteiger partial charge is 0.307 e. The van der Waals surface area contributed by atoms with Gasteiger partial charge in [-0.3, -0.25) is 9.59 Å². The van der Waals surface area contributed by atoms with Crippen LogP contribution in [0.2, 0.25) is 0 Å². The number of aryl methyl sites for hydroxylation is 2. The number of anilines is 1. The van der Waals surface area contributed by atoms with Gasteiger partial charge < -0.3 is 10.0 Å². The first-order valence-electron chi connectivity index (χ1n) is 7.61. The number of nitrogens with zero attached hydrogens (tertiary/aromatic N) is 1. The minimum absolute atomic E-state index is 0.0865. The number of hydrogen-bond donors (Lipinski definition) is 1. The fourth-order valence-corrected chi connectivity index (χ4v) is 2.69. The van der Waals surface area contributed by atoms with Crippen LogP contribution in [0.25, 0.3) is 0 Å². The van der Waals surface area contributed by atoms with Gasteiger partial charge in [0.2, 0.25) is 0 Å². The molecule has 23 heavy (non-hydrogen) atoms. The Morgan fingerprint density at radius 1 is 1.04 bits per heavy atom. The fourth-order valence-electron chi connectivity index (χ4n) is 2.69. The maximum absolute atomic E-state index is 12.8. The van der Waals surface area contributed by atoms with E-state index in [9.17, 15) is 9.59 Å². The molecule has 4 heteroatoms. The lowest BCUT2D eigenvalue weighted by molar-refractivity contribution is -0.136. The molecular weight excluding hydrogens is 290 g/mol. The van der Waals surface area contributed by atoms with Crippen molar-refractivity contribution in [3.63, 3.8) is 0 Å². The summed E-state index contributed by atoms with van der Waals surface area (Å²) in [7, 11) is 0. The molecule has 0 bridgehead atoms. The lowest BCUT2D eigenvalue weighted by Gasteiger charge is -2.22. The first kappa shape index (κ1) is 16.7. The molecule has 0 aromatic heterocycles. The maximum atomic E-state index is 12.8. The lowest BCUT2D eigenvalue weighted by Crippen LogP contribution is -2.30. The number of hydrogen-bond acceptors (Lipinski definition) is 2. The standard InChI is InChI=1S/C19H21NO3/c1-4-20(17-9-13(2)8-14(3)10-17)19(23)16-7-5-6-15(11-16)12-18(21)22/h5-11H,4,12H2,1-3H3,(H,21,22). The lowest BCUT2D eigenvalue weighted by atomic mass is 10.1. The van der Waals surface area contributed by atoms with Gasteiger partial charge in [-0.1, -0.05) is 18.2 Å². The van der Waals surface area contributed by atoms with Crippen molar-refractivity contribution in [2.45, 2.75) is 27.2 Å². The van der Waals surface area contributed by atoms with Crippen molar-refractivity contribution < 1.29 is 14.7 Å². The van der Waals surface area contributed by atoms with E-state index in [4.69, 9.17) is 5.11 Å². The van der Waals surface area contributed by atoms with Crippen LogP contribution in [0.15, 0.2) is 42.5 Å². The van der Waals surface area contributed by atoms with Gasteiger partial charge in [0.15, 0.2) is 0 Å². The van der Waals surface area contributed by atoms with Crippen LogP contribution < -0.4 is 4.90 Å². The molecule has 0 unspecified atom stereocenters. The van der Waals surface area contributed by atoms with E-state index in [-0.39, 0.29) is 12.3 Å². The van der Waals surface area contributed by atoms with E-state index in [0.717, 1.165) is 16.8 Å². The molecule has 120 valence electrons. The highest BCUT2D eigenvalue weighted by molar-refractivity contribution is 6.06. The van der Waals surface area contributed by atoms with Crippen molar-refractivity contribution in [1.82, 2.24) is 0 Å². The highest BCUT2D eigenvalue weighted by Crippen LogP contribution is 2.21. The summed E-state index contributed by atoms with van der Waals surface area (Å²) in [5, 5.41) is 8.90. The summed E-state index contributed by atoms with van der Waals surface area (Å²) in [6, 6.07) is 12.8. The van der Waals surface area contributed by atoms with E-state index in [0.29, 0.717) is 17.7 Å². The summed E-state index contributed by atoms with van der Waals surface area (Å²) in [6.45, 7) is 6.48. The largest absolute Gasteiger partial charge is 0.481 e. The topological polar surface area (TPSA) is 57.6 Å². The third-order valence-electron chi connectivity index (χ3n) is 3.61. The number of rotatable bonds is 5. The number of carboxylic acid groups (broad SMARTS) is 1. The Hall–Kier alpha value is -2.62. The quantitative estimate of drug-likeness (QED) is 0.918. The van der Waals surface area contributed by atoms with E-state index < -0.39 is 5.97 Å². The average molecular weight is 311 g/mol. The summed E-state index contributed by atoms with van der Waals surface area (Å²) in [4.78, 5) is 25.4. The molecule has 0 aliphatic carbocycles. The molecule has 0 aliphatic rings. The Morgan fingerprint density at radius 2 is 1.70 bits per heavy atom. The van der Waals surface area contributed by atoms with E-state index in [1.807, 2.05) is 32.9 Å². The van der Waals surface area contributed by atoms with E-state index in [1.54, 1.807) is 29.2 Å². The highest BCUT2D eigenvalue weighted by atomic mass is 16.4. The molecule has 2 aromatic rings. The SMILES string of the molecule is CCN(C(=O)c1cccc(CC(=O)O)c1)c1cc(C)cc(C)c1. The van der Waals surface area contributed by atoms with Crippen LogP contribution in [0.5, 0.6) is 0 Å². The second-order valence-corrected chi connectivity index (χ2v) is 5.67. The molecular formula is C19H21NO3. The Morgan fingerprint density at radius 3 is 2.26 bits per heavy atom. The van der Waals surface area contributed by atoms with Crippen LogP contribution >= 0.6 is 0 Å². The third-order valence-corrected chi connectivity index (χ3v) is 3.61. The molecule has 0 aliphatic heterocycles. The van der Waals surface area contributed by atoms with Crippen LogP contribution in [-0.2, 0) is 11.2 Å². The van der Waals surface area contributed by atoms with Crippen LogP contribution in [0.1, 0.15) is 34.0 Å². The van der Waals surface area contributed by atoms with Gasteiger partial charge in [-0.05, 0) is 61.7 Å². The van der Waals surface area contributed by atoms with Gasteiger partial charge in [0.25, 0.3) is 5.91 Å². The molecule has 4 nitrogen and oxygen atoms in total. The number of carboxylic acids is 1. The molecule has 2 aromatic carbocycles. The monoisotopic (exact) mass is 311 g/mol. The van der Waals surface area contributed by atoms with Crippen LogP contribution in [-0.4, -0.2) is 23.5 Å². The summed E-state index contributed by atoms with van der Waals surface area (Å²) in [6.07, 6.45) is -0.0865. The number of benzene rings is 2. The van der Waals surface area contributed by atoms with Crippen molar-refractivity contribution in [2.24, 2.45) is 0 Å². The van der Waals surface area contributed by atoms with Gasteiger partial charge >= 0.3 is 5.97 Å². The number of amides is 1. The van der Waals surface area contributed by atoms with Gasteiger partial charge in [0.1, 0.15) is 0 Å². The van der Waals surface area contributed by atoms with Gasteiger partial charge in [-0.15, -0.1) is 0 Å². The molecule has 0 heterocycles. The van der Waals surface area contributed by atoms with Crippen LogP contribution in [0.3, 0.4) is 0 Å². The zero-order valence-corrected chi connectivity index (χ0v) is 13.7. The molecule has 0 saturated carbocycles. The van der Waals surface area contributed by atoms with Crippen LogP contribution in [0, 0.1) is 13.8 Å². The highest BCUT2D eigenvalue weighted by Gasteiger charge is 2.17. The van der Waals surface area contributed by atoms with Gasteiger partial charge in [-0.2, -0.15) is 0 Å². The number of aliphatic carboxylic acids is 1. The summed E-state index contributed by atoms with van der Waals surface area (Å²) < 4.78 is 0. The van der Waals surface area contributed by atoms with Gasteiger partial charge in [-0.25, -0.2) is 0 Å². The van der Waals surface area contributed by atoms with E-state index in [2.05, 4.69) is 6.07 Å². The minimum Gasteiger partial charge on any atom is -0.481 e. The molecule has 1 N–H and O–H groups in total. The Balaban J connectivity index is 2.34. The molecule has 0 saturated heterocycles. The number of carbonyl (C=O) groups excluding carboxylic acids is 1. The third kappa shape index (κ3) is 4.19. The van der Waals surface area contributed by atoms with Crippen molar-refractivity contribution in [3.8, 4) is 0 Å². The fraction of sp³-hybridized carbons (Fsp3) is 0.263. The molecule has 1 amide bonds. The van der Waals surface area contributed by atoms with Gasteiger partial charge in [0.05, 0.1) is 6.42 Å². The second kappa shape index (κ2) is 7.09. The molecule has 0 spiro atoms.